The summed E-state index contributed by atoms with van der Waals surface area (Å²) in [4.78, 5) is 27.2. The normalized spacial score (nSPS) is 18.4. The summed E-state index contributed by atoms with van der Waals surface area (Å²) in [5, 5.41) is 3.20. The Bertz CT molecular complexity index is 294. The number of amides is 2. The van der Waals surface area contributed by atoms with Crippen LogP contribution in [0.3, 0.4) is 0 Å². The van der Waals surface area contributed by atoms with Crippen molar-refractivity contribution in [3.8, 4) is 0 Å². The Balaban J connectivity index is 2.46. The lowest BCUT2D eigenvalue weighted by Crippen LogP contribution is -2.41. The van der Waals surface area contributed by atoms with Gasteiger partial charge in [-0.2, -0.15) is 0 Å². The summed E-state index contributed by atoms with van der Waals surface area (Å²) >= 11 is 0. The van der Waals surface area contributed by atoms with Gasteiger partial charge >= 0.3 is 0 Å². The van der Waals surface area contributed by atoms with Crippen LogP contribution in [0, 0.1) is 5.92 Å². The minimum Gasteiger partial charge on any atom is -0.341 e. The largest absolute Gasteiger partial charge is 0.341 e. The Morgan fingerprint density at radius 1 is 1.17 bits per heavy atom. The molecule has 1 N–H and O–H groups in total. The van der Waals surface area contributed by atoms with Crippen molar-refractivity contribution in [3.05, 3.63) is 0 Å². The van der Waals surface area contributed by atoms with E-state index in [0.29, 0.717) is 13.1 Å². The number of rotatable bonds is 4. The summed E-state index contributed by atoms with van der Waals surface area (Å²) in [6.45, 7) is 10.0. The van der Waals surface area contributed by atoms with Crippen LogP contribution in [-0.4, -0.2) is 60.9 Å². The van der Waals surface area contributed by atoms with Crippen LogP contribution in [0.4, 0.5) is 0 Å². The molecule has 2 amide bonds. The first-order valence-corrected chi connectivity index (χ1v) is 6.81. The zero-order chi connectivity index (χ0) is 13.5. The van der Waals surface area contributed by atoms with Gasteiger partial charge in [0.1, 0.15) is 0 Å². The van der Waals surface area contributed by atoms with Crippen LogP contribution in [0.5, 0.6) is 0 Å². The predicted molar refractivity (Wildman–Crippen MR) is 71.2 cm³/mol. The molecule has 5 heteroatoms. The van der Waals surface area contributed by atoms with E-state index in [-0.39, 0.29) is 17.7 Å². The highest BCUT2D eigenvalue weighted by molar-refractivity contribution is 5.79. The highest BCUT2D eigenvalue weighted by Gasteiger charge is 2.23. The molecule has 0 saturated carbocycles. The third-order valence-corrected chi connectivity index (χ3v) is 3.37. The van der Waals surface area contributed by atoms with E-state index in [1.807, 2.05) is 23.6 Å². The Labute approximate surface area is 110 Å². The van der Waals surface area contributed by atoms with Crippen LogP contribution >= 0.6 is 0 Å². The van der Waals surface area contributed by atoms with Crippen molar-refractivity contribution in [2.45, 2.75) is 27.2 Å². The molecule has 1 aliphatic rings. The summed E-state index contributed by atoms with van der Waals surface area (Å²) < 4.78 is 0. The molecule has 0 aromatic rings. The van der Waals surface area contributed by atoms with Crippen LogP contribution in [0.15, 0.2) is 0 Å². The third kappa shape index (κ3) is 4.29. The molecule has 0 aromatic heterocycles. The Kier molecular flexibility index (Phi) is 6.12. The van der Waals surface area contributed by atoms with E-state index >= 15 is 0 Å². The summed E-state index contributed by atoms with van der Waals surface area (Å²) in [6.07, 6.45) is 0.874. The predicted octanol–water partition coefficient (Wildman–Crippen LogP) is 0.313. The summed E-state index contributed by atoms with van der Waals surface area (Å²) in [6, 6.07) is 0. The molecule has 104 valence electrons. The van der Waals surface area contributed by atoms with Crippen molar-refractivity contribution in [3.63, 3.8) is 0 Å². The summed E-state index contributed by atoms with van der Waals surface area (Å²) in [7, 11) is 0. The topological polar surface area (TPSA) is 52.7 Å². The van der Waals surface area contributed by atoms with E-state index in [0.717, 1.165) is 32.6 Å². The molecule has 1 heterocycles. The number of hydrogen-bond donors (Lipinski definition) is 1. The Hall–Kier alpha value is -1.10. The maximum atomic E-state index is 12.2. The lowest BCUT2D eigenvalue weighted by Gasteiger charge is -2.24. The van der Waals surface area contributed by atoms with E-state index in [4.69, 9.17) is 0 Å². The molecular formula is C13H25N3O2. The van der Waals surface area contributed by atoms with Crippen molar-refractivity contribution in [2.75, 3.05) is 39.3 Å². The van der Waals surface area contributed by atoms with Gasteiger partial charge in [0, 0.05) is 45.6 Å². The van der Waals surface area contributed by atoms with Crippen molar-refractivity contribution < 1.29 is 9.59 Å². The second-order valence-electron chi connectivity index (χ2n) is 4.89. The average Bonchev–Trinajstić information content (AvgIpc) is 2.60. The van der Waals surface area contributed by atoms with E-state index in [1.54, 1.807) is 6.92 Å². The van der Waals surface area contributed by atoms with Crippen LogP contribution in [0.25, 0.3) is 0 Å². The third-order valence-electron chi connectivity index (χ3n) is 3.37. The van der Waals surface area contributed by atoms with Crippen LogP contribution in [-0.2, 0) is 9.59 Å². The van der Waals surface area contributed by atoms with Gasteiger partial charge in [-0.25, -0.2) is 0 Å². The molecule has 1 saturated heterocycles. The molecular weight excluding hydrogens is 230 g/mol. The van der Waals surface area contributed by atoms with Gasteiger partial charge in [0.2, 0.25) is 11.8 Å². The maximum absolute atomic E-state index is 12.2. The monoisotopic (exact) mass is 255 g/mol. The van der Waals surface area contributed by atoms with Gasteiger partial charge in [-0.05, 0) is 13.0 Å². The molecule has 0 spiro atoms. The van der Waals surface area contributed by atoms with E-state index in [9.17, 15) is 9.59 Å². The number of nitrogens with zero attached hydrogens (tertiary/aromatic N) is 2. The molecule has 0 aromatic carbocycles. The first kappa shape index (κ1) is 15.0. The maximum Gasteiger partial charge on any atom is 0.226 e. The summed E-state index contributed by atoms with van der Waals surface area (Å²) in [5.74, 6) is 0.306. The lowest BCUT2D eigenvalue weighted by molar-refractivity contribution is -0.135. The average molecular weight is 255 g/mol. The highest BCUT2D eigenvalue weighted by Crippen LogP contribution is 2.08. The zero-order valence-electron chi connectivity index (χ0n) is 11.7. The first-order valence-electron chi connectivity index (χ1n) is 6.81. The number of nitrogens with one attached hydrogen (secondary N) is 1. The van der Waals surface area contributed by atoms with Crippen molar-refractivity contribution >= 4 is 11.8 Å². The molecule has 5 nitrogen and oxygen atoms in total. The van der Waals surface area contributed by atoms with Gasteiger partial charge in [0.05, 0.1) is 0 Å². The molecule has 0 aliphatic carbocycles. The second-order valence-corrected chi connectivity index (χ2v) is 4.89. The molecule has 1 atom stereocenters. The molecule has 0 radical (unpaired) electrons. The number of hydrogen-bond acceptors (Lipinski definition) is 3. The molecule has 1 unspecified atom stereocenters. The zero-order valence-corrected chi connectivity index (χ0v) is 11.7. The van der Waals surface area contributed by atoms with Gasteiger partial charge < -0.3 is 15.1 Å². The summed E-state index contributed by atoms with van der Waals surface area (Å²) in [5.41, 5.74) is 0. The smallest absolute Gasteiger partial charge is 0.226 e. The first-order chi connectivity index (χ1) is 8.56. The van der Waals surface area contributed by atoms with Crippen molar-refractivity contribution in [1.82, 2.24) is 15.1 Å². The van der Waals surface area contributed by atoms with E-state index in [1.165, 1.54) is 0 Å². The van der Waals surface area contributed by atoms with Crippen molar-refractivity contribution in [2.24, 2.45) is 5.92 Å². The molecule has 1 aliphatic heterocycles. The van der Waals surface area contributed by atoms with Gasteiger partial charge in [-0.3, -0.25) is 9.59 Å². The molecule has 1 fully saturated rings. The van der Waals surface area contributed by atoms with E-state index in [2.05, 4.69) is 5.32 Å². The molecule has 1 rings (SSSR count). The minimum atomic E-state index is 0.00817. The lowest BCUT2D eigenvalue weighted by atomic mass is 10.1. The van der Waals surface area contributed by atoms with E-state index < -0.39 is 0 Å². The Morgan fingerprint density at radius 2 is 1.78 bits per heavy atom. The standard InChI is InChI=1S/C13H25N3O2/c1-4-14-10-11(2)13(18)16-7-5-6-15(8-9-16)12(3)17/h11,14H,4-10H2,1-3H3. The molecule has 18 heavy (non-hydrogen) atoms. The minimum absolute atomic E-state index is 0.00817. The SMILES string of the molecule is CCNCC(C)C(=O)N1CCCN(C(C)=O)CC1. The number of carbonyl (C=O) groups is 2. The second kappa shape index (κ2) is 7.36. The quantitative estimate of drug-likeness (QED) is 0.787. The molecule has 0 bridgehead atoms. The van der Waals surface area contributed by atoms with Crippen LogP contribution in [0.1, 0.15) is 27.2 Å². The van der Waals surface area contributed by atoms with Crippen molar-refractivity contribution in [1.29, 1.82) is 0 Å². The van der Waals surface area contributed by atoms with Crippen LogP contribution < -0.4 is 5.32 Å². The van der Waals surface area contributed by atoms with Gasteiger partial charge in [0.15, 0.2) is 0 Å². The fraction of sp³-hybridized carbons (Fsp3) is 0.846. The fourth-order valence-electron chi connectivity index (χ4n) is 2.21. The Morgan fingerprint density at radius 3 is 2.39 bits per heavy atom. The highest BCUT2D eigenvalue weighted by atomic mass is 16.2. The number of carbonyl (C=O) groups excluding carboxylic acids is 2. The van der Waals surface area contributed by atoms with Gasteiger partial charge in [-0.15, -0.1) is 0 Å². The van der Waals surface area contributed by atoms with Gasteiger partial charge in [-0.1, -0.05) is 13.8 Å². The van der Waals surface area contributed by atoms with Gasteiger partial charge in [0.25, 0.3) is 0 Å². The fourth-order valence-corrected chi connectivity index (χ4v) is 2.21. The van der Waals surface area contributed by atoms with Crippen LogP contribution in [0.2, 0.25) is 0 Å².